The van der Waals surface area contributed by atoms with Gasteiger partial charge in [-0.05, 0) is 61.7 Å². The lowest BCUT2D eigenvalue weighted by atomic mass is 9.81. The van der Waals surface area contributed by atoms with E-state index in [1.807, 2.05) is 39.0 Å². The highest BCUT2D eigenvalue weighted by atomic mass is 35.5. The van der Waals surface area contributed by atoms with Gasteiger partial charge in [0.1, 0.15) is 11.9 Å². The molecule has 184 valence electrons. The van der Waals surface area contributed by atoms with Crippen LogP contribution in [-0.2, 0) is 11.8 Å². The van der Waals surface area contributed by atoms with Gasteiger partial charge in [-0.3, -0.25) is 14.3 Å². The molecule has 0 saturated heterocycles. The molecule has 2 amide bonds. The van der Waals surface area contributed by atoms with Crippen LogP contribution in [0.3, 0.4) is 0 Å². The third-order valence-electron chi connectivity index (χ3n) is 6.15. The van der Waals surface area contributed by atoms with E-state index in [1.54, 1.807) is 37.0 Å². The highest BCUT2D eigenvalue weighted by Gasteiger charge is 2.41. The van der Waals surface area contributed by atoms with Gasteiger partial charge in [-0.15, -0.1) is 0 Å². The lowest BCUT2D eigenvalue weighted by Crippen LogP contribution is -2.50. The van der Waals surface area contributed by atoms with Gasteiger partial charge in [-0.2, -0.15) is 5.10 Å². The summed E-state index contributed by atoms with van der Waals surface area (Å²) in [6.45, 7) is 6.27. The molecular formula is C26H29ClN4O4. The Morgan fingerprint density at radius 1 is 1.20 bits per heavy atom. The third kappa shape index (κ3) is 4.71. The number of aromatic nitrogens is 2. The van der Waals surface area contributed by atoms with Crippen molar-refractivity contribution >= 4 is 29.2 Å². The first-order chi connectivity index (χ1) is 16.7. The molecule has 2 aromatic carbocycles. The summed E-state index contributed by atoms with van der Waals surface area (Å²) in [5, 5.41) is 11.0. The standard InChI is InChI=1S/C26H29ClN4O4/c1-6-11-35-20-13-16(8-10-19(20)34-5)22-21-15(3)30-31(4)24(21)29-26(33)23(22)28-25(32)17-7-9-18(27)14(2)12-17/h7-10,12-13,22-23H,6,11H2,1-5H3,(H,28,32)(H,29,33)/t22-,23+/m1/s1. The summed E-state index contributed by atoms with van der Waals surface area (Å²) in [6.07, 6.45) is 0.838. The maximum Gasteiger partial charge on any atom is 0.251 e. The maximum absolute atomic E-state index is 13.3. The van der Waals surface area contributed by atoms with E-state index in [2.05, 4.69) is 15.7 Å². The van der Waals surface area contributed by atoms with Crippen molar-refractivity contribution in [3.05, 3.63) is 69.4 Å². The van der Waals surface area contributed by atoms with Gasteiger partial charge in [-0.25, -0.2) is 0 Å². The van der Waals surface area contributed by atoms with Crippen LogP contribution in [-0.4, -0.2) is 41.4 Å². The van der Waals surface area contributed by atoms with Crippen LogP contribution < -0.4 is 20.1 Å². The monoisotopic (exact) mass is 496 g/mol. The van der Waals surface area contributed by atoms with Crippen LogP contribution in [0.25, 0.3) is 0 Å². The third-order valence-corrected chi connectivity index (χ3v) is 6.58. The minimum atomic E-state index is -0.874. The van der Waals surface area contributed by atoms with Gasteiger partial charge in [0.15, 0.2) is 11.5 Å². The van der Waals surface area contributed by atoms with E-state index in [1.165, 1.54) is 0 Å². The predicted octanol–water partition coefficient (Wildman–Crippen LogP) is 4.37. The molecule has 9 heteroatoms. The molecule has 0 spiro atoms. The highest BCUT2D eigenvalue weighted by molar-refractivity contribution is 6.31. The van der Waals surface area contributed by atoms with Crippen molar-refractivity contribution in [2.75, 3.05) is 19.0 Å². The first-order valence-electron chi connectivity index (χ1n) is 11.5. The average Bonchev–Trinajstić information content (AvgIpc) is 3.12. The number of methoxy groups -OCH3 is 1. The quantitative estimate of drug-likeness (QED) is 0.506. The molecule has 8 nitrogen and oxygen atoms in total. The number of ether oxygens (including phenoxy) is 2. The lowest BCUT2D eigenvalue weighted by molar-refractivity contribution is -0.118. The van der Waals surface area contributed by atoms with Crippen LogP contribution in [0.5, 0.6) is 11.5 Å². The van der Waals surface area contributed by atoms with Crippen molar-refractivity contribution in [3.8, 4) is 11.5 Å². The van der Waals surface area contributed by atoms with Crippen molar-refractivity contribution < 1.29 is 19.1 Å². The molecule has 0 bridgehead atoms. The molecule has 2 heterocycles. The molecule has 0 aliphatic carbocycles. The highest BCUT2D eigenvalue weighted by Crippen LogP contribution is 2.42. The molecule has 3 aromatic rings. The summed E-state index contributed by atoms with van der Waals surface area (Å²) < 4.78 is 13.0. The number of nitrogens with one attached hydrogen (secondary N) is 2. The fourth-order valence-electron chi connectivity index (χ4n) is 4.44. The maximum atomic E-state index is 13.3. The Bertz CT molecular complexity index is 1290. The fourth-order valence-corrected chi connectivity index (χ4v) is 4.56. The molecule has 1 aliphatic heterocycles. The van der Waals surface area contributed by atoms with Gasteiger partial charge in [0.05, 0.1) is 19.4 Å². The van der Waals surface area contributed by atoms with Gasteiger partial charge >= 0.3 is 0 Å². The molecule has 4 rings (SSSR count). The van der Waals surface area contributed by atoms with Crippen molar-refractivity contribution in [2.24, 2.45) is 7.05 Å². The zero-order valence-electron chi connectivity index (χ0n) is 20.4. The summed E-state index contributed by atoms with van der Waals surface area (Å²) in [5.41, 5.74) is 3.62. The van der Waals surface area contributed by atoms with Crippen LogP contribution in [0, 0.1) is 13.8 Å². The van der Waals surface area contributed by atoms with Crippen LogP contribution in [0.15, 0.2) is 36.4 Å². The summed E-state index contributed by atoms with van der Waals surface area (Å²) in [6, 6.07) is 9.74. The number of carbonyl (C=O) groups is 2. The minimum absolute atomic E-state index is 0.323. The summed E-state index contributed by atoms with van der Waals surface area (Å²) in [5.74, 6) is 0.617. The molecule has 0 radical (unpaired) electrons. The number of aryl methyl sites for hydroxylation is 3. The molecular weight excluding hydrogens is 468 g/mol. The zero-order chi connectivity index (χ0) is 25.3. The second-order valence-electron chi connectivity index (χ2n) is 8.61. The first-order valence-corrected chi connectivity index (χ1v) is 11.8. The summed E-state index contributed by atoms with van der Waals surface area (Å²) in [7, 11) is 3.37. The van der Waals surface area contributed by atoms with E-state index in [-0.39, 0.29) is 11.8 Å². The van der Waals surface area contributed by atoms with E-state index in [9.17, 15) is 9.59 Å². The van der Waals surface area contributed by atoms with Gasteiger partial charge in [0.25, 0.3) is 5.91 Å². The SMILES string of the molecule is CCCOc1cc([C@@H]2c3c(C)nn(C)c3NC(=O)[C@H]2NC(=O)c2ccc(Cl)c(C)c2)ccc1OC. The van der Waals surface area contributed by atoms with E-state index in [0.29, 0.717) is 34.5 Å². The Morgan fingerprint density at radius 2 is 1.97 bits per heavy atom. The number of benzene rings is 2. The molecule has 1 aromatic heterocycles. The molecule has 0 fully saturated rings. The molecule has 0 saturated carbocycles. The van der Waals surface area contributed by atoms with Crippen molar-refractivity contribution in [1.29, 1.82) is 0 Å². The largest absolute Gasteiger partial charge is 0.493 e. The normalized spacial score (nSPS) is 16.9. The Morgan fingerprint density at radius 3 is 2.66 bits per heavy atom. The zero-order valence-corrected chi connectivity index (χ0v) is 21.2. The number of nitrogens with zero attached hydrogens (tertiary/aromatic N) is 2. The smallest absolute Gasteiger partial charge is 0.251 e. The van der Waals surface area contributed by atoms with Crippen LogP contribution >= 0.6 is 11.6 Å². The number of carbonyl (C=O) groups excluding carboxylic acids is 2. The van der Waals surface area contributed by atoms with Crippen molar-refractivity contribution in [1.82, 2.24) is 15.1 Å². The Labute approximate surface area is 209 Å². The predicted molar refractivity (Wildman–Crippen MR) is 135 cm³/mol. The Balaban J connectivity index is 1.79. The van der Waals surface area contributed by atoms with Crippen LogP contribution in [0.2, 0.25) is 5.02 Å². The first kappa shape index (κ1) is 24.6. The number of halogens is 1. The number of amides is 2. The number of hydrogen-bond acceptors (Lipinski definition) is 5. The van der Waals surface area contributed by atoms with E-state index in [0.717, 1.165) is 28.8 Å². The van der Waals surface area contributed by atoms with E-state index in [4.69, 9.17) is 21.1 Å². The lowest BCUT2D eigenvalue weighted by Gasteiger charge is -2.33. The number of fused-ring (bicyclic) bond motifs is 1. The van der Waals surface area contributed by atoms with Gasteiger partial charge in [-0.1, -0.05) is 24.6 Å². The minimum Gasteiger partial charge on any atom is -0.493 e. The Kier molecular flexibility index (Phi) is 7.03. The van der Waals surface area contributed by atoms with Crippen LogP contribution in [0.1, 0.15) is 52.0 Å². The second kappa shape index (κ2) is 10.00. The second-order valence-corrected chi connectivity index (χ2v) is 9.02. The fraction of sp³-hybridized carbons (Fsp3) is 0.346. The number of hydrogen-bond donors (Lipinski definition) is 2. The van der Waals surface area contributed by atoms with E-state index >= 15 is 0 Å². The number of anilines is 1. The van der Waals surface area contributed by atoms with Crippen molar-refractivity contribution in [2.45, 2.75) is 39.2 Å². The van der Waals surface area contributed by atoms with Crippen LogP contribution in [0.4, 0.5) is 5.82 Å². The van der Waals surface area contributed by atoms with E-state index < -0.39 is 12.0 Å². The summed E-state index contributed by atoms with van der Waals surface area (Å²) >= 11 is 6.13. The average molecular weight is 497 g/mol. The summed E-state index contributed by atoms with van der Waals surface area (Å²) in [4.78, 5) is 26.5. The van der Waals surface area contributed by atoms with Crippen molar-refractivity contribution in [3.63, 3.8) is 0 Å². The Hall–Kier alpha value is -3.52. The van der Waals surface area contributed by atoms with Gasteiger partial charge in [0.2, 0.25) is 5.91 Å². The molecule has 2 N–H and O–H groups in total. The topological polar surface area (TPSA) is 94.5 Å². The molecule has 2 atom stereocenters. The molecule has 0 unspecified atom stereocenters. The molecule has 1 aliphatic rings. The van der Waals surface area contributed by atoms with Gasteiger partial charge < -0.3 is 20.1 Å². The van der Waals surface area contributed by atoms with Gasteiger partial charge in [0, 0.05) is 29.1 Å². The number of rotatable bonds is 7. The molecule has 35 heavy (non-hydrogen) atoms.